The number of rotatable bonds is 13. The summed E-state index contributed by atoms with van der Waals surface area (Å²) in [4.78, 5) is 43.1. The first-order valence-corrected chi connectivity index (χ1v) is 18.0. The molecule has 0 bridgehead atoms. The zero-order valence-corrected chi connectivity index (χ0v) is 31.2. The molecule has 1 aliphatic heterocycles. The molecule has 3 aromatic heterocycles. The maximum atomic E-state index is 13.8. The summed E-state index contributed by atoms with van der Waals surface area (Å²) in [6, 6.07) is 32.4. The van der Waals surface area contributed by atoms with Crippen LogP contribution in [-0.2, 0) is 29.3 Å². The lowest BCUT2D eigenvalue weighted by Gasteiger charge is -2.30. The summed E-state index contributed by atoms with van der Waals surface area (Å²) in [7, 11) is 1.70. The maximum absolute atomic E-state index is 13.8. The van der Waals surface area contributed by atoms with E-state index in [1.54, 1.807) is 83.8 Å². The number of para-hydroxylation sites is 2. The van der Waals surface area contributed by atoms with Crippen LogP contribution in [0.5, 0.6) is 11.5 Å². The van der Waals surface area contributed by atoms with E-state index < -0.39 is 11.7 Å². The minimum Gasteiger partial charge on any atom is -0.486 e. The van der Waals surface area contributed by atoms with Gasteiger partial charge in [-0.3, -0.25) is 19.3 Å². The molecule has 13 heteroatoms. The van der Waals surface area contributed by atoms with Crippen LogP contribution in [0.1, 0.15) is 44.0 Å². The summed E-state index contributed by atoms with van der Waals surface area (Å²) in [6.07, 6.45) is 7.10. The Kier molecular flexibility index (Phi) is 13.6. The van der Waals surface area contributed by atoms with Gasteiger partial charge in [0.2, 0.25) is 5.91 Å². The summed E-state index contributed by atoms with van der Waals surface area (Å²) in [5, 5.41) is 0. The molecule has 0 atom stereocenters. The Bertz CT molecular complexity index is 2270. The number of carbonyl (C=O) groups is 3. The average Bonchev–Trinajstić information content (AvgIpc) is 4.06. The third-order valence-electron chi connectivity index (χ3n) is 8.62. The molecule has 1 fully saturated rings. The fraction of sp³-hybridized carbons (Fsp3) is 0.205. The molecule has 0 saturated carbocycles. The summed E-state index contributed by atoms with van der Waals surface area (Å²) in [5.41, 5.74) is 1.05. The van der Waals surface area contributed by atoms with E-state index in [0.717, 1.165) is 11.5 Å². The smallest absolute Gasteiger partial charge is 0.294 e. The van der Waals surface area contributed by atoms with Crippen molar-refractivity contribution in [3.8, 4) is 23.8 Å². The highest BCUT2D eigenvalue weighted by Crippen LogP contribution is 2.23. The number of benzene rings is 3. The SMILES string of the molecule is C#Cc1cccc(N(CC(=O)N2CCOCC2)C(=O)c2ccc(COc3ccccc3F)o2)c1.CN(Cc1ccco1)C(=O)c1ccc(COc2ccccc2)o1. The summed E-state index contributed by atoms with van der Waals surface area (Å²) < 4.78 is 46.6. The Balaban J connectivity index is 0.000000208. The molecule has 292 valence electrons. The fourth-order valence-corrected chi connectivity index (χ4v) is 5.64. The second-order valence-corrected chi connectivity index (χ2v) is 12.7. The number of amides is 3. The van der Waals surface area contributed by atoms with Gasteiger partial charge in [0.1, 0.15) is 42.8 Å². The fourth-order valence-electron chi connectivity index (χ4n) is 5.64. The third kappa shape index (κ3) is 11.0. The molecule has 0 unspecified atom stereocenters. The highest BCUT2D eigenvalue weighted by molar-refractivity contribution is 6.07. The molecule has 0 aliphatic carbocycles. The van der Waals surface area contributed by atoms with E-state index in [4.69, 9.17) is 33.9 Å². The molecule has 0 spiro atoms. The zero-order chi connectivity index (χ0) is 40.0. The largest absolute Gasteiger partial charge is 0.486 e. The molecule has 4 heterocycles. The quantitative estimate of drug-likeness (QED) is 0.112. The van der Waals surface area contributed by atoms with Crippen LogP contribution in [0.2, 0.25) is 0 Å². The van der Waals surface area contributed by atoms with Crippen molar-refractivity contribution < 1.29 is 46.2 Å². The van der Waals surface area contributed by atoms with Gasteiger partial charge in [0.15, 0.2) is 23.1 Å². The van der Waals surface area contributed by atoms with Crippen molar-refractivity contribution in [1.82, 2.24) is 9.80 Å². The normalized spacial score (nSPS) is 12.1. The second-order valence-electron chi connectivity index (χ2n) is 12.7. The highest BCUT2D eigenvalue weighted by atomic mass is 19.1. The minimum absolute atomic E-state index is 0.0213. The molecule has 3 amide bonds. The van der Waals surface area contributed by atoms with Crippen LogP contribution < -0.4 is 14.4 Å². The Morgan fingerprint density at radius 3 is 2.14 bits per heavy atom. The molecule has 57 heavy (non-hydrogen) atoms. The number of terminal acetylenes is 1. The van der Waals surface area contributed by atoms with Gasteiger partial charge in [-0.2, -0.15) is 0 Å². The van der Waals surface area contributed by atoms with Gasteiger partial charge in [-0.1, -0.05) is 42.3 Å². The molecule has 7 rings (SSSR count). The molecule has 3 aromatic carbocycles. The number of hydrogen-bond acceptors (Lipinski definition) is 9. The van der Waals surface area contributed by atoms with Gasteiger partial charge in [-0.15, -0.1) is 6.42 Å². The Labute approximate surface area is 328 Å². The lowest BCUT2D eigenvalue weighted by atomic mass is 10.2. The first-order chi connectivity index (χ1) is 27.8. The van der Waals surface area contributed by atoms with Crippen molar-refractivity contribution in [2.45, 2.75) is 19.8 Å². The second kappa shape index (κ2) is 19.5. The average molecular weight is 774 g/mol. The lowest BCUT2D eigenvalue weighted by Crippen LogP contribution is -2.47. The van der Waals surface area contributed by atoms with Gasteiger partial charge >= 0.3 is 0 Å². The van der Waals surface area contributed by atoms with E-state index >= 15 is 0 Å². The topological polar surface area (TPSA) is 128 Å². The van der Waals surface area contributed by atoms with Gasteiger partial charge in [0.05, 0.1) is 26.0 Å². The summed E-state index contributed by atoms with van der Waals surface area (Å²) in [5.74, 6) is 3.92. The number of morpholine rings is 1. The molecule has 1 aliphatic rings. The van der Waals surface area contributed by atoms with Gasteiger partial charge in [0.25, 0.3) is 11.8 Å². The van der Waals surface area contributed by atoms with Crippen molar-refractivity contribution in [2.24, 2.45) is 0 Å². The minimum atomic E-state index is -0.507. The van der Waals surface area contributed by atoms with E-state index in [-0.39, 0.29) is 48.8 Å². The zero-order valence-electron chi connectivity index (χ0n) is 31.2. The van der Waals surface area contributed by atoms with Crippen LogP contribution in [0.25, 0.3) is 0 Å². The van der Waals surface area contributed by atoms with E-state index in [1.807, 2.05) is 36.4 Å². The van der Waals surface area contributed by atoms with Gasteiger partial charge in [0, 0.05) is 31.4 Å². The molecular formula is C44H40FN3O9. The van der Waals surface area contributed by atoms with Crippen LogP contribution >= 0.6 is 0 Å². The third-order valence-corrected chi connectivity index (χ3v) is 8.62. The first kappa shape index (κ1) is 39.6. The van der Waals surface area contributed by atoms with Crippen LogP contribution in [0, 0.1) is 18.2 Å². The van der Waals surface area contributed by atoms with Crippen LogP contribution in [0.15, 0.2) is 135 Å². The number of furan rings is 3. The van der Waals surface area contributed by atoms with Crippen molar-refractivity contribution in [3.05, 3.63) is 162 Å². The van der Waals surface area contributed by atoms with E-state index in [0.29, 0.717) is 55.6 Å². The van der Waals surface area contributed by atoms with Crippen molar-refractivity contribution in [3.63, 3.8) is 0 Å². The van der Waals surface area contributed by atoms with Crippen molar-refractivity contribution in [2.75, 3.05) is 44.8 Å². The number of carbonyl (C=O) groups excluding carboxylic acids is 3. The van der Waals surface area contributed by atoms with E-state index in [1.165, 1.54) is 23.1 Å². The number of halogens is 1. The molecule has 0 radical (unpaired) electrons. The van der Waals surface area contributed by atoms with Gasteiger partial charge in [-0.25, -0.2) is 4.39 Å². The number of hydrogen-bond donors (Lipinski definition) is 0. The molecule has 1 saturated heterocycles. The predicted molar refractivity (Wildman–Crippen MR) is 207 cm³/mol. The Hall–Kier alpha value is -7.04. The van der Waals surface area contributed by atoms with E-state index in [9.17, 15) is 18.8 Å². The van der Waals surface area contributed by atoms with Crippen LogP contribution in [-0.4, -0.2) is 67.4 Å². The molecular weight excluding hydrogens is 733 g/mol. The molecule has 0 N–H and O–H groups in total. The van der Waals surface area contributed by atoms with Gasteiger partial charge < -0.3 is 37.3 Å². The number of anilines is 1. The summed E-state index contributed by atoms with van der Waals surface area (Å²) in [6.45, 7) is 2.25. The molecule has 6 aromatic rings. The van der Waals surface area contributed by atoms with Crippen LogP contribution in [0.4, 0.5) is 10.1 Å². The first-order valence-electron chi connectivity index (χ1n) is 18.0. The molecule has 12 nitrogen and oxygen atoms in total. The Morgan fingerprint density at radius 2 is 1.46 bits per heavy atom. The highest BCUT2D eigenvalue weighted by Gasteiger charge is 2.27. The number of nitrogens with zero attached hydrogens (tertiary/aromatic N) is 3. The standard InChI is InChI=1S/C26H23FN2O5.C18H17NO4/c1-2-19-6-5-7-20(16-19)29(17-25(30)28-12-14-32-15-13-28)26(31)24-11-10-21(34-24)18-33-23-9-4-3-8-22(23)27;1-19(12-15-8-5-11-21-15)18(20)17-10-9-16(23-17)13-22-14-6-3-2-4-7-14/h1,3-11,16H,12-15,17-18H2;2-11H,12-13H2,1H3. The van der Waals surface area contributed by atoms with Crippen LogP contribution in [0.3, 0.4) is 0 Å². The van der Waals surface area contributed by atoms with Crippen molar-refractivity contribution in [1.29, 1.82) is 0 Å². The Morgan fingerprint density at radius 1 is 0.772 bits per heavy atom. The lowest BCUT2D eigenvalue weighted by molar-refractivity contribution is -0.133. The predicted octanol–water partition coefficient (Wildman–Crippen LogP) is 7.21. The summed E-state index contributed by atoms with van der Waals surface area (Å²) >= 11 is 0. The van der Waals surface area contributed by atoms with E-state index in [2.05, 4.69) is 5.92 Å². The van der Waals surface area contributed by atoms with Gasteiger partial charge in [-0.05, 0) is 78.9 Å². The van der Waals surface area contributed by atoms with Crippen molar-refractivity contribution >= 4 is 23.4 Å². The monoisotopic (exact) mass is 773 g/mol. The number of ether oxygens (including phenoxy) is 3. The maximum Gasteiger partial charge on any atom is 0.294 e.